The quantitative estimate of drug-likeness (QED) is 0.598. The van der Waals surface area contributed by atoms with Crippen LogP contribution in [0.4, 0.5) is 5.69 Å². The van der Waals surface area contributed by atoms with Crippen LogP contribution in [0.25, 0.3) is 10.9 Å². The van der Waals surface area contributed by atoms with Crippen LogP contribution in [0.2, 0.25) is 0 Å². The third-order valence-corrected chi connectivity index (χ3v) is 7.78. The van der Waals surface area contributed by atoms with Crippen molar-refractivity contribution in [2.24, 2.45) is 10.9 Å². The number of nitrogens with zero attached hydrogens (tertiary/aromatic N) is 2. The lowest BCUT2D eigenvalue weighted by atomic mass is 10.0. The highest BCUT2D eigenvalue weighted by Crippen LogP contribution is 2.31. The number of benzene rings is 1. The summed E-state index contributed by atoms with van der Waals surface area (Å²) >= 11 is 1.84. The Kier molecular flexibility index (Phi) is 6.71. The number of ether oxygens (including phenoxy) is 1. The molecule has 4 heterocycles. The zero-order chi connectivity index (χ0) is 21.9. The number of aromatic amines is 1. The third-order valence-electron chi connectivity index (χ3n) is 6.63. The number of carbonyl (C=O) groups is 1. The molecule has 8 heteroatoms. The lowest BCUT2D eigenvalue weighted by molar-refractivity contribution is -0.124. The van der Waals surface area contributed by atoms with Gasteiger partial charge in [-0.05, 0) is 55.9 Å². The maximum atomic E-state index is 11.6. The number of aliphatic imine (C=N–C) groups is 1. The van der Waals surface area contributed by atoms with E-state index in [9.17, 15) is 4.79 Å². The molecule has 0 saturated carbocycles. The Balaban J connectivity index is 1.25. The predicted octanol–water partition coefficient (Wildman–Crippen LogP) is 3.00. The van der Waals surface area contributed by atoms with E-state index < -0.39 is 0 Å². The van der Waals surface area contributed by atoms with Crippen LogP contribution in [0.15, 0.2) is 23.2 Å². The molecule has 0 unspecified atom stereocenters. The van der Waals surface area contributed by atoms with Gasteiger partial charge in [0, 0.05) is 50.5 Å². The number of anilines is 1. The van der Waals surface area contributed by atoms with Crippen molar-refractivity contribution >= 4 is 39.3 Å². The van der Waals surface area contributed by atoms with Crippen LogP contribution in [0.5, 0.6) is 0 Å². The van der Waals surface area contributed by atoms with Crippen molar-refractivity contribution in [1.29, 1.82) is 0 Å². The van der Waals surface area contributed by atoms with Gasteiger partial charge in [-0.1, -0.05) is 0 Å². The second-order valence-electron chi connectivity index (χ2n) is 9.21. The highest BCUT2D eigenvalue weighted by molar-refractivity contribution is 8.14. The monoisotopic (exact) mass is 455 g/mol. The van der Waals surface area contributed by atoms with Crippen molar-refractivity contribution in [3.63, 3.8) is 0 Å². The van der Waals surface area contributed by atoms with Gasteiger partial charge in [-0.25, -0.2) is 0 Å². The molecule has 172 valence electrons. The summed E-state index contributed by atoms with van der Waals surface area (Å²) in [6.45, 7) is 8.05. The van der Waals surface area contributed by atoms with Crippen LogP contribution in [0.1, 0.15) is 30.5 Å². The fourth-order valence-electron chi connectivity index (χ4n) is 4.78. The van der Waals surface area contributed by atoms with Gasteiger partial charge in [-0.3, -0.25) is 14.7 Å². The third kappa shape index (κ3) is 5.13. The van der Waals surface area contributed by atoms with E-state index in [-0.39, 0.29) is 5.91 Å². The van der Waals surface area contributed by atoms with Gasteiger partial charge in [0.15, 0.2) is 0 Å². The molecule has 1 aromatic carbocycles. The molecule has 0 aliphatic carbocycles. The predicted molar refractivity (Wildman–Crippen MR) is 132 cm³/mol. The molecule has 1 atom stereocenters. The molecule has 2 saturated heterocycles. The number of hydrogen-bond donors (Lipinski definition) is 3. The van der Waals surface area contributed by atoms with E-state index in [0.29, 0.717) is 18.5 Å². The Morgan fingerprint density at radius 1 is 1.28 bits per heavy atom. The topological polar surface area (TPSA) is 81.8 Å². The normalized spacial score (nSPS) is 22.8. The summed E-state index contributed by atoms with van der Waals surface area (Å²) in [4.78, 5) is 22.5. The zero-order valence-electron chi connectivity index (χ0n) is 18.8. The fraction of sp³-hybridized carbons (Fsp3) is 0.583. The first-order valence-corrected chi connectivity index (χ1v) is 12.8. The van der Waals surface area contributed by atoms with E-state index in [4.69, 9.17) is 9.73 Å². The van der Waals surface area contributed by atoms with Gasteiger partial charge < -0.3 is 20.4 Å². The summed E-state index contributed by atoms with van der Waals surface area (Å²) in [7, 11) is 0. The number of piperazine rings is 1. The maximum absolute atomic E-state index is 11.6. The average molecular weight is 456 g/mol. The molecule has 3 aliphatic heterocycles. The molecule has 1 amide bonds. The number of rotatable bonds is 7. The van der Waals surface area contributed by atoms with Crippen molar-refractivity contribution in [2.75, 3.05) is 57.0 Å². The van der Waals surface area contributed by atoms with E-state index in [1.165, 1.54) is 22.2 Å². The highest BCUT2D eigenvalue weighted by atomic mass is 32.2. The van der Waals surface area contributed by atoms with Gasteiger partial charge in [0.1, 0.15) is 5.04 Å². The molecule has 3 aliphatic rings. The standard InChI is InChI=1S/C24H33N5O2S/c1-16-10-18-12-21(28-23(18)20(11-16)26-13-17-3-8-31-9-4-17)24-27-19(15-32-24)2-6-29-7-5-25-22(30)14-29/h10-12,17,19,26,28H,2-9,13-15H2,1H3,(H,25,30)/t19-/m0/s1. The first kappa shape index (κ1) is 21.8. The number of hydrogen-bond acceptors (Lipinski definition) is 6. The summed E-state index contributed by atoms with van der Waals surface area (Å²) < 4.78 is 5.50. The second-order valence-corrected chi connectivity index (χ2v) is 10.2. The van der Waals surface area contributed by atoms with Crippen molar-refractivity contribution in [3.8, 4) is 0 Å². The number of amides is 1. The lowest BCUT2D eigenvalue weighted by Crippen LogP contribution is -2.48. The molecule has 0 bridgehead atoms. The number of thioether (sulfide) groups is 1. The fourth-order valence-corrected chi connectivity index (χ4v) is 5.86. The van der Waals surface area contributed by atoms with Crippen molar-refractivity contribution in [2.45, 2.75) is 32.2 Å². The Labute approximate surface area is 193 Å². The van der Waals surface area contributed by atoms with Gasteiger partial charge in [-0.2, -0.15) is 0 Å². The molecule has 2 fully saturated rings. The minimum absolute atomic E-state index is 0.135. The number of fused-ring (bicyclic) bond motifs is 1. The van der Waals surface area contributed by atoms with Crippen LogP contribution in [0, 0.1) is 12.8 Å². The summed E-state index contributed by atoms with van der Waals surface area (Å²) in [5, 5.41) is 8.93. The van der Waals surface area contributed by atoms with E-state index in [1.54, 1.807) is 0 Å². The summed E-state index contributed by atoms with van der Waals surface area (Å²) in [5.41, 5.74) is 4.73. The minimum Gasteiger partial charge on any atom is -0.383 e. The number of H-pyrrole nitrogens is 1. The van der Waals surface area contributed by atoms with Gasteiger partial charge in [0.2, 0.25) is 5.91 Å². The first-order valence-electron chi connectivity index (χ1n) is 11.8. The highest BCUT2D eigenvalue weighted by Gasteiger charge is 2.23. The largest absolute Gasteiger partial charge is 0.383 e. The molecule has 2 aromatic rings. The van der Waals surface area contributed by atoms with E-state index in [2.05, 4.69) is 45.6 Å². The molecule has 5 rings (SSSR count). The van der Waals surface area contributed by atoms with Crippen LogP contribution in [-0.4, -0.2) is 78.6 Å². The van der Waals surface area contributed by atoms with Crippen LogP contribution >= 0.6 is 11.8 Å². The van der Waals surface area contributed by atoms with E-state index in [1.807, 2.05) is 11.8 Å². The smallest absolute Gasteiger partial charge is 0.234 e. The summed E-state index contributed by atoms with van der Waals surface area (Å²) in [6, 6.07) is 7.04. The van der Waals surface area contributed by atoms with Gasteiger partial charge in [0.05, 0.1) is 29.5 Å². The number of carbonyl (C=O) groups excluding carboxylic acids is 1. The SMILES string of the molecule is Cc1cc(NCC2CCOCC2)c2[nH]c(C3=N[C@@H](CCN4CCNC(=O)C4)CS3)cc2c1. The molecule has 32 heavy (non-hydrogen) atoms. The van der Waals surface area contributed by atoms with Gasteiger partial charge in [-0.15, -0.1) is 11.8 Å². The molecule has 1 aromatic heterocycles. The van der Waals surface area contributed by atoms with Crippen LogP contribution in [-0.2, 0) is 9.53 Å². The Bertz CT molecular complexity index is 998. The van der Waals surface area contributed by atoms with Gasteiger partial charge >= 0.3 is 0 Å². The summed E-state index contributed by atoms with van der Waals surface area (Å²) in [5.74, 6) is 1.82. The van der Waals surface area contributed by atoms with E-state index >= 15 is 0 Å². The van der Waals surface area contributed by atoms with Crippen LogP contribution < -0.4 is 10.6 Å². The Hall–Kier alpha value is -2.03. The first-order chi connectivity index (χ1) is 15.6. The number of aromatic nitrogens is 1. The maximum Gasteiger partial charge on any atom is 0.234 e. The van der Waals surface area contributed by atoms with Crippen LogP contribution in [0.3, 0.4) is 0 Å². The molecule has 3 N–H and O–H groups in total. The van der Waals surface area contributed by atoms with Crippen molar-refractivity contribution in [1.82, 2.24) is 15.2 Å². The molecule has 0 spiro atoms. The Morgan fingerprint density at radius 3 is 3.00 bits per heavy atom. The van der Waals surface area contributed by atoms with Gasteiger partial charge in [0.25, 0.3) is 0 Å². The minimum atomic E-state index is 0.135. The molecular weight excluding hydrogens is 422 g/mol. The van der Waals surface area contributed by atoms with E-state index in [0.717, 1.165) is 75.1 Å². The lowest BCUT2D eigenvalue weighted by Gasteiger charge is -2.26. The van der Waals surface area contributed by atoms with Crippen molar-refractivity contribution in [3.05, 3.63) is 29.5 Å². The molecule has 7 nitrogen and oxygen atoms in total. The summed E-state index contributed by atoms with van der Waals surface area (Å²) in [6.07, 6.45) is 3.27. The Morgan fingerprint density at radius 2 is 2.16 bits per heavy atom. The molecular formula is C24H33N5O2S. The second kappa shape index (κ2) is 9.85. The molecule has 0 radical (unpaired) electrons. The number of aryl methyl sites for hydroxylation is 1. The number of nitrogens with one attached hydrogen (secondary N) is 3. The van der Waals surface area contributed by atoms with Crippen molar-refractivity contribution < 1.29 is 9.53 Å². The zero-order valence-corrected chi connectivity index (χ0v) is 19.6. The average Bonchev–Trinajstić information content (AvgIpc) is 3.44.